The molecule has 0 aliphatic heterocycles. The second kappa shape index (κ2) is 7.33. The van der Waals surface area contributed by atoms with E-state index in [-0.39, 0.29) is 18.1 Å². The molecular formula is C16H23N3O2. The van der Waals surface area contributed by atoms with Crippen LogP contribution in [0.5, 0.6) is 0 Å². The fourth-order valence-corrected chi connectivity index (χ4v) is 2.21. The third-order valence-corrected chi connectivity index (χ3v) is 3.28. The first-order valence-corrected chi connectivity index (χ1v) is 7.36. The Kier molecular flexibility index (Phi) is 5.47. The molecule has 5 heteroatoms. The highest BCUT2D eigenvalue weighted by atomic mass is 16.5. The Morgan fingerprint density at radius 2 is 1.95 bits per heavy atom. The molecular weight excluding hydrogens is 266 g/mol. The number of hydrogen-bond acceptors (Lipinski definition) is 5. The van der Waals surface area contributed by atoms with Gasteiger partial charge in [-0.05, 0) is 24.8 Å². The van der Waals surface area contributed by atoms with Crippen molar-refractivity contribution >= 4 is 0 Å². The van der Waals surface area contributed by atoms with Crippen molar-refractivity contribution in [2.24, 2.45) is 11.7 Å². The van der Waals surface area contributed by atoms with Crippen LogP contribution in [0.3, 0.4) is 0 Å². The molecule has 2 atom stereocenters. The van der Waals surface area contributed by atoms with Gasteiger partial charge in [0.2, 0.25) is 11.7 Å². The molecule has 5 nitrogen and oxygen atoms in total. The molecule has 1 aromatic carbocycles. The minimum absolute atomic E-state index is 0.156. The van der Waals surface area contributed by atoms with E-state index in [1.54, 1.807) is 0 Å². The van der Waals surface area contributed by atoms with Crippen molar-refractivity contribution in [3.63, 3.8) is 0 Å². The Labute approximate surface area is 125 Å². The van der Waals surface area contributed by atoms with E-state index in [9.17, 15) is 0 Å². The highest BCUT2D eigenvalue weighted by Gasteiger charge is 2.24. The highest BCUT2D eigenvalue weighted by molar-refractivity contribution is 5.16. The SMILES string of the molecule is CCOC(c1noc([C@H](N)Cc2ccccc2)n1)C(C)C. The summed E-state index contributed by atoms with van der Waals surface area (Å²) < 4.78 is 11.0. The molecule has 0 spiro atoms. The van der Waals surface area contributed by atoms with E-state index in [1.165, 1.54) is 0 Å². The zero-order chi connectivity index (χ0) is 15.2. The van der Waals surface area contributed by atoms with Gasteiger partial charge in [-0.1, -0.05) is 49.3 Å². The smallest absolute Gasteiger partial charge is 0.243 e. The summed E-state index contributed by atoms with van der Waals surface area (Å²) in [7, 11) is 0. The van der Waals surface area contributed by atoms with Crippen molar-refractivity contribution in [1.29, 1.82) is 0 Å². The zero-order valence-electron chi connectivity index (χ0n) is 12.8. The van der Waals surface area contributed by atoms with E-state index in [1.807, 2.05) is 37.3 Å². The standard InChI is InChI=1S/C16H23N3O2/c1-4-20-14(11(2)3)15-18-16(21-19-15)13(17)10-12-8-6-5-7-9-12/h5-9,11,13-14H,4,10,17H2,1-3H3/t13-,14?/m1/s1. The lowest BCUT2D eigenvalue weighted by Crippen LogP contribution is -2.15. The van der Waals surface area contributed by atoms with Gasteiger partial charge in [0.25, 0.3) is 0 Å². The maximum atomic E-state index is 6.15. The lowest BCUT2D eigenvalue weighted by molar-refractivity contribution is 0.0217. The van der Waals surface area contributed by atoms with Gasteiger partial charge in [0, 0.05) is 6.61 Å². The number of nitrogens with two attached hydrogens (primary N) is 1. The van der Waals surface area contributed by atoms with Gasteiger partial charge in [-0.15, -0.1) is 0 Å². The van der Waals surface area contributed by atoms with Gasteiger partial charge in [0.1, 0.15) is 6.10 Å². The van der Waals surface area contributed by atoms with Crippen LogP contribution in [0.15, 0.2) is 34.9 Å². The lowest BCUT2D eigenvalue weighted by Gasteiger charge is -2.16. The van der Waals surface area contributed by atoms with Gasteiger partial charge < -0.3 is 15.0 Å². The van der Waals surface area contributed by atoms with Gasteiger partial charge in [-0.2, -0.15) is 4.98 Å². The minimum atomic E-state index is -0.303. The van der Waals surface area contributed by atoms with Crippen molar-refractivity contribution in [3.8, 4) is 0 Å². The van der Waals surface area contributed by atoms with Crippen molar-refractivity contribution in [1.82, 2.24) is 10.1 Å². The zero-order valence-corrected chi connectivity index (χ0v) is 12.8. The van der Waals surface area contributed by atoms with Crippen LogP contribution in [-0.4, -0.2) is 16.7 Å². The van der Waals surface area contributed by atoms with Crippen LogP contribution < -0.4 is 5.73 Å². The summed E-state index contributed by atoms with van der Waals surface area (Å²) in [6.07, 6.45) is 0.514. The molecule has 2 aromatic rings. The minimum Gasteiger partial charge on any atom is -0.370 e. The number of aromatic nitrogens is 2. The summed E-state index contributed by atoms with van der Waals surface area (Å²) in [6.45, 7) is 6.71. The van der Waals surface area contributed by atoms with E-state index in [0.717, 1.165) is 5.56 Å². The lowest BCUT2D eigenvalue weighted by atomic mass is 10.1. The molecule has 0 aliphatic rings. The molecule has 0 fully saturated rings. The first kappa shape index (κ1) is 15.7. The van der Waals surface area contributed by atoms with Crippen molar-refractivity contribution in [2.75, 3.05) is 6.61 Å². The average Bonchev–Trinajstić information content (AvgIpc) is 2.95. The Bertz CT molecular complexity index is 539. The van der Waals surface area contributed by atoms with E-state index in [4.69, 9.17) is 15.0 Å². The monoisotopic (exact) mass is 289 g/mol. The van der Waals surface area contributed by atoms with Crippen molar-refractivity contribution in [3.05, 3.63) is 47.6 Å². The van der Waals surface area contributed by atoms with E-state index in [2.05, 4.69) is 24.0 Å². The van der Waals surface area contributed by atoms with E-state index in [0.29, 0.717) is 24.7 Å². The summed E-state index contributed by atoms with van der Waals surface area (Å²) >= 11 is 0. The summed E-state index contributed by atoms with van der Waals surface area (Å²) in [5, 5.41) is 4.03. The summed E-state index contributed by atoms with van der Waals surface area (Å²) in [6, 6.07) is 9.73. The molecule has 21 heavy (non-hydrogen) atoms. The number of nitrogens with zero attached hydrogens (tertiary/aromatic N) is 2. The van der Waals surface area contributed by atoms with Crippen LogP contribution in [0.2, 0.25) is 0 Å². The predicted octanol–water partition coefficient (Wildman–Crippen LogP) is 3.05. The van der Waals surface area contributed by atoms with Crippen LogP contribution in [0.4, 0.5) is 0 Å². The fraction of sp³-hybridized carbons (Fsp3) is 0.500. The molecule has 114 valence electrons. The molecule has 0 saturated heterocycles. The van der Waals surface area contributed by atoms with Crippen molar-refractivity contribution in [2.45, 2.75) is 39.3 Å². The van der Waals surface area contributed by atoms with Gasteiger partial charge in [-0.25, -0.2) is 0 Å². The molecule has 0 amide bonds. The molecule has 1 heterocycles. The van der Waals surface area contributed by atoms with Crippen LogP contribution in [0, 0.1) is 5.92 Å². The Morgan fingerprint density at radius 1 is 1.24 bits per heavy atom. The molecule has 1 aromatic heterocycles. The molecule has 2 N–H and O–H groups in total. The Balaban J connectivity index is 2.08. The second-order valence-electron chi connectivity index (χ2n) is 5.41. The normalized spacial score (nSPS) is 14.3. The van der Waals surface area contributed by atoms with E-state index < -0.39 is 0 Å². The summed E-state index contributed by atoms with van der Waals surface area (Å²) in [4.78, 5) is 4.42. The average molecular weight is 289 g/mol. The van der Waals surface area contributed by atoms with Crippen molar-refractivity contribution < 1.29 is 9.26 Å². The second-order valence-corrected chi connectivity index (χ2v) is 5.41. The molecule has 1 unspecified atom stereocenters. The van der Waals surface area contributed by atoms with Crippen LogP contribution in [-0.2, 0) is 11.2 Å². The number of benzene rings is 1. The molecule has 0 radical (unpaired) electrons. The summed E-state index contributed by atoms with van der Waals surface area (Å²) in [5.74, 6) is 1.31. The van der Waals surface area contributed by atoms with Crippen LogP contribution in [0.1, 0.15) is 50.2 Å². The number of rotatable bonds is 7. The largest absolute Gasteiger partial charge is 0.370 e. The van der Waals surface area contributed by atoms with Gasteiger partial charge in [0.15, 0.2) is 0 Å². The first-order chi connectivity index (χ1) is 10.1. The highest BCUT2D eigenvalue weighted by Crippen LogP contribution is 2.24. The number of ether oxygens (including phenoxy) is 1. The third-order valence-electron chi connectivity index (χ3n) is 3.28. The Morgan fingerprint density at radius 3 is 2.57 bits per heavy atom. The van der Waals surface area contributed by atoms with Gasteiger partial charge >= 0.3 is 0 Å². The molecule has 0 saturated carbocycles. The molecule has 2 rings (SSSR count). The molecule has 0 bridgehead atoms. The van der Waals surface area contributed by atoms with Gasteiger partial charge in [-0.3, -0.25) is 0 Å². The van der Waals surface area contributed by atoms with Crippen LogP contribution >= 0.6 is 0 Å². The molecule has 0 aliphatic carbocycles. The number of hydrogen-bond donors (Lipinski definition) is 1. The maximum absolute atomic E-state index is 6.15. The quantitative estimate of drug-likeness (QED) is 0.848. The van der Waals surface area contributed by atoms with Gasteiger partial charge in [0.05, 0.1) is 6.04 Å². The van der Waals surface area contributed by atoms with Crippen LogP contribution in [0.25, 0.3) is 0 Å². The summed E-state index contributed by atoms with van der Waals surface area (Å²) in [5.41, 5.74) is 7.30. The van der Waals surface area contributed by atoms with E-state index >= 15 is 0 Å². The first-order valence-electron chi connectivity index (χ1n) is 7.36. The topological polar surface area (TPSA) is 74.2 Å². The maximum Gasteiger partial charge on any atom is 0.243 e. The fourth-order valence-electron chi connectivity index (χ4n) is 2.21. The third kappa shape index (κ3) is 4.12. The Hall–Kier alpha value is -1.72. The predicted molar refractivity (Wildman–Crippen MR) is 80.6 cm³/mol.